The molecule has 1 rings (SSSR count). The van der Waals surface area contributed by atoms with Crippen LogP contribution in [0.3, 0.4) is 0 Å². The third kappa shape index (κ3) is 33.8. The summed E-state index contributed by atoms with van der Waals surface area (Å²) >= 11 is 0. The molecule has 30 N–H and O–H groups in total. The van der Waals surface area contributed by atoms with Gasteiger partial charge in [-0.15, -0.1) is 0 Å². The Morgan fingerprint density at radius 1 is 0.433 bits per heavy atom. The van der Waals surface area contributed by atoms with Gasteiger partial charge in [0.1, 0.15) is 66.5 Å². The molecule has 0 aliphatic heterocycles. The number of carbonyl (C=O) groups is 17. The molecule has 0 aliphatic carbocycles. The number of guanidine groups is 1. The minimum Gasteiger partial charge on any atom is -0.481 e. The molecule has 582 valence electrons. The Labute approximate surface area is 593 Å². The Balaban J connectivity index is 3.31. The largest absolute Gasteiger partial charge is 0.481 e. The van der Waals surface area contributed by atoms with Crippen molar-refractivity contribution in [2.45, 2.75) is 183 Å². The molecule has 0 unspecified atom stereocenters. The van der Waals surface area contributed by atoms with Crippen LogP contribution in [0.15, 0.2) is 35.3 Å². The smallest absolute Gasteiger partial charge is 0.328 e. The Kier molecular flexibility index (Phi) is 40.9. The van der Waals surface area contributed by atoms with Gasteiger partial charge in [0, 0.05) is 25.8 Å². The number of benzene rings is 1. The molecule has 16 atom stereocenters. The van der Waals surface area contributed by atoms with E-state index in [1.54, 1.807) is 37.3 Å². The lowest BCUT2D eigenvalue weighted by molar-refractivity contribution is -0.145. The molecule has 0 saturated heterocycles. The number of hydrogen-bond acceptors (Lipinski definition) is 25. The molecule has 0 aliphatic rings. The van der Waals surface area contributed by atoms with Gasteiger partial charge in [-0.1, -0.05) is 50.6 Å². The van der Waals surface area contributed by atoms with Crippen LogP contribution in [-0.2, 0) is 87.9 Å². The van der Waals surface area contributed by atoms with E-state index in [2.05, 4.69) is 68.8 Å². The SMILES string of the molecule is CC[C@H](C)[C@H](NC(=O)CNC(=O)[C@H](CO)NC(=O)[C@H](CCC(=O)O)NC(=O)[C@H](CO)NC(=O)CNC(=O)[C@H](CCCN=C(N)N)NC(=O)[C@H](CO)NC(=O)[C@H](CCC(=O)O)NC(=O)[C@@H](N)[C@@H](C)O)C(=O)N[C@@H](Cc1ccccc1)C(=O)N[C@H](C(=O)N[C@@H](CC(N)=O)C(=O)N[C@H](C(=O)O)[C@@H](C)O)[C@@H](C)O. The molecule has 44 nitrogen and oxygen atoms in total. The highest BCUT2D eigenvalue weighted by atomic mass is 16.4. The third-order valence-electron chi connectivity index (χ3n) is 15.1. The topological polar surface area (TPSA) is 745 Å². The van der Waals surface area contributed by atoms with E-state index in [0.29, 0.717) is 5.56 Å². The number of rotatable bonds is 49. The Morgan fingerprint density at radius 2 is 0.817 bits per heavy atom. The number of aliphatic hydroxyl groups excluding tert-OH is 6. The summed E-state index contributed by atoms with van der Waals surface area (Å²) in [4.78, 5) is 225. The summed E-state index contributed by atoms with van der Waals surface area (Å²) in [6.07, 6.45) is -9.05. The van der Waals surface area contributed by atoms with Crippen molar-refractivity contribution in [2.24, 2.45) is 33.8 Å². The predicted octanol–water partition coefficient (Wildman–Crippen LogP) is -13.0. The van der Waals surface area contributed by atoms with Crippen LogP contribution in [0.25, 0.3) is 0 Å². The van der Waals surface area contributed by atoms with E-state index < -0.39 is 262 Å². The minimum atomic E-state index is -1.97. The second kappa shape index (κ2) is 46.7. The number of nitrogens with two attached hydrogens (primary N) is 4. The summed E-state index contributed by atoms with van der Waals surface area (Å²) in [6, 6.07) is -13.6. The van der Waals surface area contributed by atoms with Crippen molar-refractivity contribution >= 4 is 107 Å². The monoisotopic (exact) mass is 1480 g/mol. The third-order valence-corrected chi connectivity index (χ3v) is 15.1. The molecule has 104 heavy (non-hydrogen) atoms. The van der Waals surface area contributed by atoms with Gasteiger partial charge in [0.25, 0.3) is 0 Å². The van der Waals surface area contributed by atoms with Crippen molar-refractivity contribution in [3.05, 3.63) is 35.9 Å². The number of hydrogen-bond donors (Lipinski definition) is 26. The number of aliphatic carboxylic acids is 3. The number of carboxylic acid groups (broad SMARTS) is 3. The summed E-state index contributed by atoms with van der Waals surface area (Å²) in [5.74, 6) is -22.5. The summed E-state index contributed by atoms with van der Waals surface area (Å²) in [7, 11) is 0. The van der Waals surface area contributed by atoms with Crippen molar-refractivity contribution in [1.82, 2.24) is 69.1 Å². The number of nitrogens with one attached hydrogen (secondary N) is 13. The average molecular weight is 1490 g/mol. The van der Waals surface area contributed by atoms with Crippen LogP contribution in [0.1, 0.15) is 91.5 Å². The first-order valence-corrected chi connectivity index (χ1v) is 32.3. The maximum Gasteiger partial charge on any atom is 0.328 e. The molecule has 1 aromatic carbocycles. The molecule has 44 heteroatoms. The normalized spacial score (nSPS) is 15.6. The first-order chi connectivity index (χ1) is 48.7. The van der Waals surface area contributed by atoms with Gasteiger partial charge >= 0.3 is 17.9 Å². The van der Waals surface area contributed by atoms with Gasteiger partial charge in [0.15, 0.2) is 12.0 Å². The van der Waals surface area contributed by atoms with Gasteiger partial charge in [-0.2, -0.15) is 0 Å². The van der Waals surface area contributed by atoms with Gasteiger partial charge in [-0.3, -0.25) is 81.7 Å². The predicted molar refractivity (Wildman–Crippen MR) is 356 cm³/mol. The van der Waals surface area contributed by atoms with E-state index in [4.69, 9.17) is 22.9 Å². The van der Waals surface area contributed by atoms with E-state index in [1.807, 2.05) is 5.32 Å². The van der Waals surface area contributed by atoms with Gasteiger partial charge in [-0.25, -0.2) is 4.79 Å². The maximum absolute atomic E-state index is 14.2. The number of nitrogens with zero attached hydrogens (tertiary/aromatic N) is 1. The Hall–Kier alpha value is -10.8. The Morgan fingerprint density at radius 3 is 1.26 bits per heavy atom. The number of aliphatic imine (C=N–C) groups is 1. The van der Waals surface area contributed by atoms with E-state index >= 15 is 0 Å². The molecule has 14 amide bonds. The molecule has 0 radical (unpaired) electrons. The number of amides is 14. The maximum atomic E-state index is 14.2. The van der Waals surface area contributed by atoms with Gasteiger partial charge in [0.05, 0.1) is 57.6 Å². The summed E-state index contributed by atoms with van der Waals surface area (Å²) in [6.45, 7) is 0.688. The van der Waals surface area contributed by atoms with Gasteiger partial charge < -0.3 is 138 Å². The molecule has 0 fully saturated rings. The minimum absolute atomic E-state index is 0.0427. The first-order valence-electron chi connectivity index (χ1n) is 32.3. The zero-order valence-electron chi connectivity index (χ0n) is 57.5. The van der Waals surface area contributed by atoms with Crippen molar-refractivity contribution in [1.29, 1.82) is 0 Å². The number of carbonyl (C=O) groups excluding carboxylic acids is 14. The van der Waals surface area contributed by atoms with Crippen LogP contribution < -0.4 is 92.1 Å². The molecule has 0 bridgehead atoms. The van der Waals surface area contributed by atoms with E-state index in [-0.39, 0.29) is 38.2 Å². The van der Waals surface area contributed by atoms with Crippen LogP contribution in [0.2, 0.25) is 0 Å². The molecular weight excluding hydrogens is 1390 g/mol. The van der Waals surface area contributed by atoms with Crippen LogP contribution in [0.4, 0.5) is 0 Å². The van der Waals surface area contributed by atoms with Crippen molar-refractivity contribution in [2.75, 3.05) is 39.5 Å². The molecule has 0 aromatic heterocycles. The van der Waals surface area contributed by atoms with E-state index in [1.165, 1.54) is 6.92 Å². The quantitative estimate of drug-likeness (QED) is 0.0164. The first kappa shape index (κ1) is 91.2. The number of carboxylic acids is 3. The second-order valence-electron chi connectivity index (χ2n) is 23.7. The van der Waals surface area contributed by atoms with Crippen LogP contribution in [0, 0.1) is 5.92 Å². The Bertz CT molecular complexity index is 3180. The van der Waals surface area contributed by atoms with Gasteiger partial charge in [0.2, 0.25) is 82.7 Å². The van der Waals surface area contributed by atoms with Crippen molar-refractivity contribution < 1.29 is 127 Å². The van der Waals surface area contributed by atoms with Gasteiger partial charge in [-0.05, 0) is 57.9 Å². The highest BCUT2D eigenvalue weighted by Gasteiger charge is 2.38. The molecule has 0 spiro atoms. The van der Waals surface area contributed by atoms with Crippen molar-refractivity contribution in [3.8, 4) is 0 Å². The summed E-state index contributed by atoms with van der Waals surface area (Å²) in [5, 5.41) is 117. The van der Waals surface area contributed by atoms with Crippen molar-refractivity contribution in [3.63, 3.8) is 0 Å². The zero-order chi connectivity index (χ0) is 79.2. The highest BCUT2D eigenvalue weighted by Crippen LogP contribution is 2.13. The second-order valence-corrected chi connectivity index (χ2v) is 23.7. The zero-order valence-corrected chi connectivity index (χ0v) is 57.5. The fourth-order valence-electron chi connectivity index (χ4n) is 9.05. The lowest BCUT2D eigenvalue weighted by atomic mass is 9.97. The average Bonchev–Trinajstić information content (AvgIpc) is 0.851. The summed E-state index contributed by atoms with van der Waals surface area (Å²) in [5.41, 5.74) is 22.1. The number of primary amides is 1. The summed E-state index contributed by atoms with van der Waals surface area (Å²) < 4.78 is 0. The molecule has 0 saturated carbocycles. The van der Waals surface area contributed by atoms with Crippen LogP contribution in [0.5, 0.6) is 0 Å². The van der Waals surface area contributed by atoms with E-state index in [0.717, 1.165) is 20.8 Å². The fraction of sp³-hybridized carbons (Fsp3) is 0.600. The van der Waals surface area contributed by atoms with Crippen LogP contribution >= 0.6 is 0 Å². The number of aliphatic hydroxyl groups is 6. The lowest BCUT2D eigenvalue weighted by Crippen LogP contribution is -2.62. The highest BCUT2D eigenvalue weighted by molar-refractivity contribution is 6.00. The molecule has 0 heterocycles. The molecular formula is C60H96N18O26. The standard InChI is InChI=1S/C60H96N18O26/c1-6-26(2)45(57(101)72-34(19-30-11-8-7-9-12-30)52(96)77-46(28(4)83)58(102)73-35(20-39(61)85)53(97)78-47(29(5)84)59(103)104)76-41(87)22-67-49(93)36(23-79)74-50(94)32(14-16-42(88)89)70-54(98)37(24-80)68-40(86)21-66-48(92)31(13-10-18-65-60(63)64)69-55(99)38(25-81)75-51(95)33(15-17-43(90)91)71-56(100)44(62)27(3)82/h7-9,11-12,26-29,31-38,44-47,79-84H,6,10,13-25,62H2,1-5H3,(H2,61,85)(H,66,92)(H,67,93)(H,68,86)(H,69,99)(H,70,98)(H,71,100)(H,72,101)(H,73,102)(H,74,94)(H,75,95)(H,76,87)(H,77,96)(H,78,97)(H,88,89)(H,90,91)(H,103,104)(H4,63,64,65)/t26-,27+,28+,29+,31-,32-,33-,34-,35-,36-,37-,38-,44-,45-,46-,47-/m0/s1. The van der Waals surface area contributed by atoms with E-state index in [9.17, 15) is 127 Å². The fourth-order valence-corrected chi connectivity index (χ4v) is 9.05. The lowest BCUT2D eigenvalue weighted by Gasteiger charge is -2.29. The molecule has 1 aromatic rings. The van der Waals surface area contributed by atoms with Crippen LogP contribution in [-0.4, -0.2) is 283 Å².